The Hall–Kier alpha value is -0.520. The van der Waals surface area contributed by atoms with Crippen LogP contribution in [-0.2, 0) is 0 Å². The van der Waals surface area contributed by atoms with E-state index in [9.17, 15) is 0 Å². The second-order valence-corrected chi connectivity index (χ2v) is 5.42. The van der Waals surface area contributed by atoms with Gasteiger partial charge in [0.05, 0.1) is 0 Å². The van der Waals surface area contributed by atoms with Crippen LogP contribution in [0.15, 0.2) is 23.8 Å². The largest absolute Gasteiger partial charge is 0.0811 e. The molecule has 0 saturated heterocycles. The molecule has 2 aliphatic rings. The predicted molar refractivity (Wildman–Crippen MR) is 66.7 cm³/mol. The predicted octanol–water partition coefficient (Wildman–Crippen LogP) is 4.58. The zero-order valence-corrected chi connectivity index (χ0v) is 10.4. The Labute approximate surface area is 94.5 Å². The number of rotatable bonds is 2. The van der Waals surface area contributed by atoms with Gasteiger partial charge in [0.15, 0.2) is 0 Å². The third-order valence-electron chi connectivity index (χ3n) is 4.49. The highest BCUT2D eigenvalue weighted by molar-refractivity contribution is 5.29. The van der Waals surface area contributed by atoms with Crippen LogP contribution in [0.25, 0.3) is 0 Å². The minimum Gasteiger partial charge on any atom is -0.0811 e. The van der Waals surface area contributed by atoms with Gasteiger partial charge in [-0.25, -0.2) is 0 Å². The quantitative estimate of drug-likeness (QED) is 0.617. The van der Waals surface area contributed by atoms with E-state index < -0.39 is 0 Å². The molecule has 2 aliphatic carbocycles. The van der Waals surface area contributed by atoms with Crippen LogP contribution < -0.4 is 0 Å². The highest BCUT2D eigenvalue weighted by Gasteiger charge is 2.34. The van der Waals surface area contributed by atoms with Crippen LogP contribution in [0.1, 0.15) is 46.5 Å². The molecule has 2 rings (SSSR count). The van der Waals surface area contributed by atoms with Gasteiger partial charge in [0.25, 0.3) is 0 Å². The topological polar surface area (TPSA) is 0 Å². The molecule has 4 unspecified atom stereocenters. The second-order valence-electron chi connectivity index (χ2n) is 5.42. The smallest absolute Gasteiger partial charge is 0.0129 e. The van der Waals surface area contributed by atoms with Crippen LogP contribution in [-0.4, -0.2) is 0 Å². The molecule has 15 heavy (non-hydrogen) atoms. The Bertz CT molecular complexity index is 272. The first-order valence-corrected chi connectivity index (χ1v) is 6.62. The van der Waals surface area contributed by atoms with Crippen molar-refractivity contribution in [2.75, 3.05) is 0 Å². The van der Waals surface area contributed by atoms with Gasteiger partial charge in [-0.2, -0.15) is 0 Å². The number of fused-ring (bicyclic) bond motifs is 1. The lowest BCUT2D eigenvalue weighted by Crippen LogP contribution is -2.31. The summed E-state index contributed by atoms with van der Waals surface area (Å²) in [5, 5.41) is 0. The van der Waals surface area contributed by atoms with Crippen molar-refractivity contribution in [3.8, 4) is 0 Å². The molecule has 0 spiro atoms. The monoisotopic (exact) mass is 204 g/mol. The van der Waals surface area contributed by atoms with Gasteiger partial charge in [0.1, 0.15) is 0 Å². The highest BCUT2D eigenvalue weighted by atomic mass is 14.4. The van der Waals surface area contributed by atoms with E-state index in [1.54, 1.807) is 5.57 Å². The summed E-state index contributed by atoms with van der Waals surface area (Å²) in [5.74, 6) is 3.41. The van der Waals surface area contributed by atoms with Crippen LogP contribution in [0, 0.1) is 23.7 Å². The van der Waals surface area contributed by atoms with Crippen molar-refractivity contribution in [2.45, 2.75) is 46.5 Å². The molecule has 0 bridgehead atoms. The lowest BCUT2D eigenvalue weighted by atomic mass is 9.65. The fourth-order valence-electron chi connectivity index (χ4n) is 3.48. The molecule has 84 valence electrons. The standard InChI is InChI=1S/C15H24/c1-4-11(2)15-12(3)9-10-13-7-5-6-8-14(13)15/h7,9-12,14-15H,4-6,8H2,1-3H3. The third kappa shape index (κ3) is 2.04. The molecular formula is C15H24. The van der Waals surface area contributed by atoms with E-state index in [2.05, 4.69) is 39.0 Å². The first-order chi connectivity index (χ1) is 7.24. The minimum atomic E-state index is 0.778. The van der Waals surface area contributed by atoms with Gasteiger partial charge in [-0.15, -0.1) is 0 Å². The average molecular weight is 204 g/mol. The summed E-state index contributed by atoms with van der Waals surface area (Å²) in [5.41, 5.74) is 1.64. The molecule has 0 N–H and O–H groups in total. The van der Waals surface area contributed by atoms with Crippen LogP contribution in [0.5, 0.6) is 0 Å². The Morgan fingerprint density at radius 2 is 2.27 bits per heavy atom. The van der Waals surface area contributed by atoms with Crippen molar-refractivity contribution >= 4 is 0 Å². The van der Waals surface area contributed by atoms with Gasteiger partial charge in [-0.1, -0.05) is 45.4 Å². The average Bonchev–Trinajstić information content (AvgIpc) is 2.28. The van der Waals surface area contributed by atoms with Gasteiger partial charge in [-0.3, -0.25) is 0 Å². The summed E-state index contributed by atoms with van der Waals surface area (Å²) in [6, 6.07) is 0. The van der Waals surface area contributed by atoms with Crippen molar-refractivity contribution < 1.29 is 0 Å². The first-order valence-electron chi connectivity index (χ1n) is 6.62. The van der Waals surface area contributed by atoms with E-state index in [1.165, 1.54) is 25.7 Å². The van der Waals surface area contributed by atoms with Crippen LogP contribution in [0.2, 0.25) is 0 Å². The van der Waals surface area contributed by atoms with Crippen LogP contribution >= 0.6 is 0 Å². The molecule has 0 aromatic rings. The van der Waals surface area contributed by atoms with Crippen LogP contribution in [0.4, 0.5) is 0 Å². The van der Waals surface area contributed by atoms with E-state index >= 15 is 0 Å². The van der Waals surface area contributed by atoms with Crippen molar-refractivity contribution in [3.63, 3.8) is 0 Å². The summed E-state index contributed by atoms with van der Waals surface area (Å²) < 4.78 is 0. The SMILES string of the molecule is CCC(C)C1C(C)C=CC2=CCCCC21. The maximum Gasteiger partial charge on any atom is -0.0129 e. The summed E-state index contributed by atoms with van der Waals surface area (Å²) in [7, 11) is 0. The fourth-order valence-corrected chi connectivity index (χ4v) is 3.48. The number of hydrogen-bond acceptors (Lipinski definition) is 0. The van der Waals surface area contributed by atoms with E-state index in [1.807, 2.05) is 0 Å². The molecule has 0 amide bonds. The maximum absolute atomic E-state index is 2.48. The van der Waals surface area contributed by atoms with Gasteiger partial charge < -0.3 is 0 Å². The summed E-state index contributed by atoms with van der Waals surface area (Å²) >= 11 is 0. The summed E-state index contributed by atoms with van der Waals surface area (Å²) in [4.78, 5) is 0. The van der Waals surface area contributed by atoms with Crippen molar-refractivity contribution in [2.24, 2.45) is 23.7 Å². The Balaban J connectivity index is 2.25. The lowest BCUT2D eigenvalue weighted by molar-refractivity contribution is 0.190. The molecule has 0 aliphatic heterocycles. The lowest BCUT2D eigenvalue weighted by Gasteiger charge is -2.40. The molecule has 0 radical (unpaired) electrons. The first kappa shape index (κ1) is 11.0. The van der Waals surface area contributed by atoms with Crippen molar-refractivity contribution in [1.82, 2.24) is 0 Å². The highest BCUT2D eigenvalue weighted by Crippen LogP contribution is 2.44. The van der Waals surface area contributed by atoms with E-state index in [-0.39, 0.29) is 0 Å². The van der Waals surface area contributed by atoms with Crippen molar-refractivity contribution in [3.05, 3.63) is 23.8 Å². The van der Waals surface area contributed by atoms with E-state index in [0.29, 0.717) is 0 Å². The summed E-state index contributed by atoms with van der Waals surface area (Å²) in [6.45, 7) is 7.17. The van der Waals surface area contributed by atoms with E-state index in [0.717, 1.165) is 23.7 Å². The summed E-state index contributed by atoms with van der Waals surface area (Å²) in [6.07, 6.45) is 12.8. The van der Waals surface area contributed by atoms with E-state index in [4.69, 9.17) is 0 Å². The zero-order valence-electron chi connectivity index (χ0n) is 10.4. The second kappa shape index (κ2) is 4.55. The molecule has 0 aromatic heterocycles. The normalized spacial score (nSPS) is 37.0. The Morgan fingerprint density at radius 3 is 3.00 bits per heavy atom. The van der Waals surface area contributed by atoms with Gasteiger partial charge in [0, 0.05) is 0 Å². The molecule has 0 nitrogen and oxygen atoms in total. The number of allylic oxidation sites excluding steroid dienone is 4. The number of hydrogen-bond donors (Lipinski definition) is 0. The zero-order chi connectivity index (χ0) is 10.8. The molecular weight excluding hydrogens is 180 g/mol. The molecule has 0 fully saturated rings. The maximum atomic E-state index is 2.48. The molecule has 4 atom stereocenters. The van der Waals surface area contributed by atoms with Gasteiger partial charge in [-0.05, 0) is 48.5 Å². The molecule has 0 heterocycles. The van der Waals surface area contributed by atoms with Gasteiger partial charge in [0.2, 0.25) is 0 Å². The van der Waals surface area contributed by atoms with Crippen LogP contribution in [0.3, 0.4) is 0 Å². The molecule has 0 heteroatoms. The Kier molecular flexibility index (Phi) is 3.33. The Morgan fingerprint density at radius 1 is 1.47 bits per heavy atom. The molecule has 0 aromatic carbocycles. The van der Waals surface area contributed by atoms with Gasteiger partial charge >= 0.3 is 0 Å². The molecule has 0 saturated carbocycles. The third-order valence-corrected chi connectivity index (χ3v) is 4.49. The van der Waals surface area contributed by atoms with Crippen molar-refractivity contribution in [1.29, 1.82) is 0 Å². The minimum absolute atomic E-state index is 0.778. The fraction of sp³-hybridized carbons (Fsp3) is 0.733.